The number of ether oxygens (including phenoxy) is 1. The van der Waals surface area contributed by atoms with E-state index in [4.69, 9.17) is 19.5 Å². The summed E-state index contributed by atoms with van der Waals surface area (Å²) in [6.07, 6.45) is 0.679. The summed E-state index contributed by atoms with van der Waals surface area (Å²) in [6, 6.07) is 0. The van der Waals surface area contributed by atoms with Gasteiger partial charge in [0, 0.05) is 12.6 Å². The molecule has 9 nitrogen and oxygen atoms in total. The number of nitrogens with one attached hydrogen (secondary N) is 1. The smallest absolute Gasteiger partial charge is 0.330 e. The summed E-state index contributed by atoms with van der Waals surface area (Å²) in [6.45, 7) is 22.3. The van der Waals surface area contributed by atoms with E-state index in [0.717, 1.165) is 0 Å². The number of nitrogens with zero attached hydrogens (tertiary/aromatic N) is 1. The Kier molecular flexibility index (Phi) is 9.20. The quantitative estimate of drug-likeness (QED) is 0.318. The molecule has 0 aliphatic carbocycles. The predicted molar refractivity (Wildman–Crippen MR) is 142 cm³/mol. The Hall–Kier alpha value is -1.53. The van der Waals surface area contributed by atoms with Crippen LogP contribution in [0.4, 0.5) is 0 Å². The number of H-pyrrole nitrogens is 1. The molecule has 35 heavy (non-hydrogen) atoms. The molecule has 0 bridgehead atoms. The molecule has 2 rings (SSSR count). The molecule has 198 valence electrons. The molecular weight excluding hydrogens is 482 g/mol. The zero-order valence-electron chi connectivity index (χ0n) is 22.9. The summed E-state index contributed by atoms with van der Waals surface area (Å²) < 4.78 is 21.0. The lowest BCUT2D eigenvalue weighted by atomic mass is 10.2. The molecule has 1 aliphatic heterocycles. The summed E-state index contributed by atoms with van der Waals surface area (Å²) >= 11 is 0. The summed E-state index contributed by atoms with van der Waals surface area (Å²) in [7, 11) is -4.15. The Morgan fingerprint density at radius 1 is 1.11 bits per heavy atom. The van der Waals surface area contributed by atoms with E-state index in [-0.39, 0.29) is 34.5 Å². The maximum absolute atomic E-state index is 12.7. The van der Waals surface area contributed by atoms with Crippen LogP contribution in [0.15, 0.2) is 15.8 Å². The van der Waals surface area contributed by atoms with E-state index in [2.05, 4.69) is 89.4 Å². The van der Waals surface area contributed by atoms with E-state index in [1.165, 1.54) is 10.8 Å². The van der Waals surface area contributed by atoms with Crippen molar-refractivity contribution in [2.75, 3.05) is 13.2 Å². The maximum Gasteiger partial charge on any atom is 0.330 e. The van der Waals surface area contributed by atoms with Crippen molar-refractivity contribution in [3.8, 4) is 11.8 Å². The Balaban J connectivity index is 2.39. The van der Waals surface area contributed by atoms with Crippen LogP contribution in [0, 0.1) is 11.8 Å². The standard InChI is InChI=1S/C24H43N3O6Si2/c1-23(2,3)34(7,8)31-16-19-18(33-35(9,10)24(4,5)6)14-20(32-19)27-15-17(12-11-13-30-25)21(28)26-22(27)29/h15,18-20H,13-14,16,25H2,1-10H3,(H,26,28,29)/t18-,19-,20-/m1/s1. The highest BCUT2D eigenvalue weighted by molar-refractivity contribution is 6.74. The normalized spacial score (nSPS) is 21.6. The van der Waals surface area contributed by atoms with Gasteiger partial charge in [-0.05, 0) is 36.3 Å². The molecule has 1 aromatic heterocycles. The van der Waals surface area contributed by atoms with E-state index in [1.807, 2.05) is 0 Å². The Morgan fingerprint density at radius 2 is 1.71 bits per heavy atom. The molecule has 2 heterocycles. The van der Waals surface area contributed by atoms with E-state index >= 15 is 0 Å². The SMILES string of the molecule is CC(C)(C)[Si](C)(C)OC[C@H]1O[C@@H](n2cc(C#CCON)c(=O)[nH]c2=O)C[C@H]1O[Si](C)(C)C(C)(C)C. The number of aromatic nitrogens is 2. The maximum atomic E-state index is 12.7. The third kappa shape index (κ3) is 7.25. The Morgan fingerprint density at radius 3 is 2.26 bits per heavy atom. The van der Waals surface area contributed by atoms with Crippen LogP contribution in [0.1, 0.15) is 59.8 Å². The first-order valence-corrected chi connectivity index (χ1v) is 17.8. The summed E-state index contributed by atoms with van der Waals surface area (Å²) in [5.41, 5.74) is -0.994. The van der Waals surface area contributed by atoms with Crippen molar-refractivity contribution in [2.45, 2.75) is 103 Å². The molecular formula is C24H43N3O6Si2. The van der Waals surface area contributed by atoms with Crippen LogP contribution >= 0.6 is 0 Å². The van der Waals surface area contributed by atoms with Gasteiger partial charge in [0.2, 0.25) is 0 Å². The van der Waals surface area contributed by atoms with E-state index < -0.39 is 34.1 Å². The molecule has 0 radical (unpaired) electrons. The number of hydrogen-bond donors (Lipinski definition) is 2. The first-order valence-electron chi connectivity index (χ1n) is 12.0. The Bertz CT molecular complexity index is 1060. The van der Waals surface area contributed by atoms with E-state index in [1.54, 1.807) is 0 Å². The topological polar surface area (TPSA) is 118 Å². The van der Waals surface area contributed by atoms with E-state index in [9.17, 15) is 9.59 Å². The summed E-state index contributed by atoms with van der Waals surface area (Å²) in [5.74, 6) is 10.3. The highest BCUT2D eigenvalue weighted by atomic mass is 28.4. The minimum Gasteiger partial charge on any atom is -0.414 e. The lowest BCUT2D eigenvalue weighted by Gasteiger charge is -2.40. The first-order chi connectivity index (χ1) is 15.9. The molecule has 0 spiro atoms. The number of rotatable bonds is 7. The zero-order valence-corrected chi connectivity index (χ0v) is 24.9. The molecule has 0 saturated carbocycles. The molecule has 0 unspecified atom stereocenters. The van der Waals surface area contributed by atoms with Gasteiger partial charge >= 0.3 is 5.69 Å². The summed E-state index contributed by atoms with van der Waals surface area (Å²) in [5, 5.41) is 0.0655. The molecule has 1 saturated heterocycles. The largest absolute Gasteiger partial charge is 0.414 e. The number of hydrogen-bond acceptors (Lipinski definition) is 7. The van der Waals surface area contributed by atoms with Gasteiger partial charge in [-0.2, -0.15) is 0 Å². The lowest BCUT2D eigenvalue weighted by Crippen LogP contribution is -2.48. The predicted octanol–water partition coefficient (Wildman–Crippen LogP) is 3.48. The van der Waals surface area contributed by atoms with Gasteiger partial charge in [0.15, 0.2) is 16.6 Å². The molecule has 3 atom stereocenters. The van der Waals surface area contributed by atoms with Crippen molar-refractivity contribution in [1.29, 1.82) is 0 Å². The first kappa shape index (κ1) is 29.7. The van der Waals surface area contributed by atoms with Crippen molar-refractivity contribution in [3.63, 3.8) is 0 Å². The highest BCUT2D eigenvalue weighted by Crippen LogP contribution is 2.42. The number of nitrogens with two attached hydrogens (primary N) is 1. The molecule has 1 aromatic rings. The van der Waals surface area contributed by atoms with E-state index in [0.29, 0.717) is 13.0 Å². The zero-order chi connectivity index (χ0) is 26.8. The van der Waals surface area contributed by atoms with Crippen molar-refractivity contribution in [2.24, 2.45) is 5.90 Å². The van der Waals surface area contributed by atoms with Gasteiger partial charge in [-0.25, -0.2) is 10.7 Å². The van der Waals surface area contributed by atoms with Gasteiger partial charge in [0.05, 0.1) is 12.7 Å². The van der Waals surface area contributed by atoms with Gasteiger partial charge in [-0.1, -0.05) is 53.4 Å². The molecule has 11 heteroatoms. The molecule has 3 N–H and O–H groups in total. The van der Waals surface area contributed by atoms with Crippen LogP contribution < -0.4 is 17.1 Å². The Labute approximate surface area is 210 Å². The minimum absolute atomic E-state index is 0.0125. The third-order valence-corrected chi connectivity index (χ3v) is 16.5. The van der Waals surface area contributed by atoms with Crippen LogP contribution in [0.3, 0.4) is 0 Å². The molecule has 0 aromatic carbocycles. The molecule has 1 fully saturated rings. The van der Waals surface area contributed by atoms with Crippen molar-refractivity contribution in [3.05, 3.63) is 32.6 Å². The fraction of sp³-hybridized carbons (Fsp3) is 0.750. The van der Waals surface area contributed by atoms with Crippen LogP contribution in [0.5, 0.6) is 0 Å². The number of aromatic amines is 1. The van der Waals surface area contributed by atoms with Gasteiger partial charge in [-0.3, -0.25) is 19.2 Å². The lowest BCUT2D eigenvalue weighted by molar-refractivity contribution is -0.0412. The van der Waals surface area contributed by atoms with Crippen LogP contribution in [0.2, 0.25) is 36.3 Å². The minimum atomic E-state index is -2.13. The average Bonchev–Trinajstić information content (AvgIpc) is 3.08. The second kappa shape index (κ2) is 10.8. The second-order valence-electron chi connectivity index (χ2n) is 12.2. The molecule has 1 aliphatic rings. The fourth-order valence-electron chi connectivity index (χ4n) is 3.17. The molecule has 0 amide bonds. The second-order valence-corrected chi connectivity index (χ2v) is 21.7. The van der Waals surface area contributed by atoms with Gasteiger partial charge in [0.1, 0.15) is 24.5 Å². The van der Waals surface area contributed by atoms with Crippen molar-refractivity contribution < 1.29 is 18.4 Å². The van der Waals surface area contributed by atoms with Gasteiger partial charge < -0.3 is 13.6 Å². The van der Waals surface area contributed by atoms with Crippen LogP contribution in [-0.4, -0.2) is 51.6 Å². The summed E-state index contributed by atoms with van der Waals surface area (Å²) in [4.78, 5) is 31.7. The van der Waals surface area contributed by atoms with Crippen molar-refractivity contribution in [1.82, 2.24) is 9.55 Å². The highest BCUT2D eigenvalue weighted by Gasteiger charge is 2.46. The van der Waals surface area contributed by atoms with Crippen LogP contribution in [-0.2, 0) is 18.4 Å². The average molecular weight is 526 g/mol. The van der Waals surface area contributed by atoms with Crippen molar-refractivity contribution >= 4 is 16.6 Å². The third-order valence-electron chi connectivity index (χ3n) is 7.50. The van der Waals surface area contributed by atoms with Crippen LogP contribution in [0.25, 0.3) is 0 Å². The monoisotopic (exact) mass is 525 g/mol. The fourth-order valence-corrected chi connectivity index (χ4v) is 5.54. The van der Waals surface area contributed by atoms with Gasteiger partial charge in [0.25, 0.3) is 5.56 Å². The van der Waals surface area contributed by atoms with Gasteiger partial charge in [-0.15, -0.1) is 0 Å².